The molecule has 0 radical (unpaired) electrons. The monoisotopic (exact) mass is 621 g/mol. The first-order chi connectivity index (χ1) is 20.5. The minimum Gasteiger partial charge on any atom is -0.450 e. The molecule has 1 unspecified atom stereocenters. The summed E-state index contributed by atoms with van der Waals surface area (Å²) in [5.41, 5.74) is -5.46. The van der Waals surface area contributed by atoms with Crippen molar-refractivity contribution in [3.8, 4) is 5.69 Å². The lowest BCUT2D eigenvalue weighted by molar-refractivity contribution is -1.13. The van der Waals surface area contributed by atoms with Crippen molar-refractivity contribution in [2.75, 3.05) is 13.1 Å². The minimum absolute atomic E-state index is 0.213. The highest BCUT2D eigenvalue weighted by molar-refractivity contribution is 6.02. The number of rotatable bonds is 7. The van der Waals surface area contributed by atoms with E-state index >= 15 is 4.39 Å². The van der Waals surface area contributed by atoms with Gasteiger partial charge in [-0.3, -0.25) is 14.2 Å². The zero-order chi connectivity index (χ0) is 32.6. The summed E-state index contributed by atoms with van der Waals surface area (Å²) in [5, 5.41) is 19.2. The van der Waals surface area contributed by atoms with E-state index in [0.29, 0.717) is 10.6 Å². The first kappa shape index (κ1) is 32.2. The quantitative estimate of drug-likeness (QED) is 0.146. The van der Waals surface area contributed by atoms with Crippen LogP contribution >= 0.6 is 0 Å². The van der Waals surface area contributed by atoms with Gasteiger partial charge < -0.3 is 14.9 Å². The number of Topliss-reactive ketones (excluding diaryl/α,β-unsaturated/α-hetero) is 1. The van der Waals surface area contributed by atoms with E-state index in [-0.39, 0.29) is 31.5 Å². The molecule has 1 aliphatic heterocycles. The van der Waals surface area contributed by atoms with E-state index < -0.39 is 79.9 Å². The Labute approximate surface area is 248 Å². The molecular weight excluding hydrogens is 592 g/mol. The van der Waals surface area contributed by atoms with E-state index in [2.05, 4.69) is 0 Å². The van der Waals surface area contributed by atoms with Gasteiger partial charge in [-0.2, -0.15) is 4.79 Å². The number of halogens is 4. The molecule has 1 atom stereocenters. The Morgan fingerprint density at radius 1 is 0.909 bits per heavy atom. The SMILES string of the molecule is CC(C)(C)[N+]1(OC(=O)O)CCC(OC(=O)O)(C(C(=O)c2ccc(=O)n(-c3c(F)cccc3F)c2)c2ccc(F)cc2F)CC1. The van der Waals surface area contributed by atoms with Gasteiger partial charge in [0, 0.05) is 42.3 Å². The number of quaternary nitrogens is 1. The lowest BCUT2D eigenvalue weighted by atomic mass is 9.71. The van der Waals surface area contributed by atoms with E-state index in [0.717, 1.165) is 48.7 Å². The number of hydrogen-bond donors (Lipinski definition) is 2. The number of piperidine rings is 1. The zero-order valence-electron chi connectivity index (χ0n) is 23.9. The fourth-order valence-electron chi connectivity index (χ4n) is 5.74. The number of carbonyl (C=O) groups excluding carboxylic acids is 1. The van der Waals surface area contributed by atoms with Crippen molar-refractivity contribution in [2.24, 2.45) is 0 Å². The third kappa shape index (κ3) is 6.02. The fourth-order valence-corrected chi connectivity index (χ4v) is 5.74. The van der Waals surface area contributed by atoms with Crippen molar-refractivity contribution in [3.63, 3.8) is 0 Å². The van der Waals surface area contributed by atoms with Crippen LogP contribution in [0.15, 0.2) is 59.5 Å². The molecule has 0 aliphatic carbocycles. The first-order valence-electron chi connectivity index (χ1n) is 13.4. The molecule has 1 saturated heterocycles. The minimum atomic E-state index is -2.05. The molecule has 44 heavy (non-hydrogen) atoms. The van der Waals surface area contributed by atoms with Crippen LogP contribution in [0.1, 0.15) is 55.5 Å². The maximum Gasteiger partial charge on any atom is 0.557 e. The number of hydroxylamine groups is 3. The van der Waals surface area contributed by atoms with Crippen molar-refractivity contribution in [2.45, 2.75) is 50.7 Å². The number of benzene rings is 2. The Balaban J connectivity index is 1.92. The number of ketones is 1. The molecule has 0 amide bonds. The first-order valence-corrected chi connectivity index (χ1v) is 13.4. The largest absolute Gasteiger partial charge is 0.557 e. The molecule has 10 nitrogen and oxygen atoms in total. The van der Waals surface area contributed by atoms with Crippen molar-refractivity contribution in [1.29, 1.82) is 0 Å². The molecule has 4 rings (SSSR count). The molecule has 14 heteroatoms. The van der Waals surface area contributed by atoms with Gasteiger partial charge in [-0.1, -0.05) is 12.1 Å². The highest BCUT2D eigenvalue weighted by atomic mass is 19.1. The summed E-state index contributed by atoms with van der Waals surface area (Å²) in [6.07, 6.45) is -3.33. The van der Waals surface area contributed by atoms with Crippen molar-refractivity contribution in [1.82, 2.24) is 4.57 Å². The molecule has 3 aromatic rings. The third-order valence-electron chi connectivity index (χ3n) is 7.99. The number of hydrogen-bond acceptors (Lipinski definition) is 6. The smallest absolute Gasteiger partial charge is 0.450 e. The molecule has 1 aromatic heterocycles. The molecule has 2 heterocycles. The summed E-state index contributed by atoms with van der Waals surface area (Å²) in [7, 11) is 0. The number of carboxylic acid groups (broad SMARTS) is 2. The van der Waals surface area contributed by atoms with Crippen LogP contribution in [0, 0.1) is 23.3 Å². The molecule has 2 aromatic carbocycles. The molecule has 0 bridgehead atoms. The number of nitrogens with zero attached hydrogens (tertiary/aromatic N) is 2. The highest BCUT2D eigenvalue weighted by Gasteiger charge is 2.58. The maximum atomic E-state index is 15.4. The molecule has 0 saturated carbocycles. The fraction of sp³-hybridized carbons (Fsp3) is 0.333. The summed E-state index contributed by atoms with van der Waals surface area (Å²) in [4.78, 5) is 55.9. The van der Waals surface area contributed by atoms with Gasteiger partial charge >= 0.3 is 12.3 Å². The van der Waals surface area contributed by atoms with Crippen LogP contribution in [0.25, 0.3) is 5.69 Å². The Kier molecular flexibility index (Phi) is 8.60. The molecule has 2 N–H and O–H groups in total. The second-order valence-corrected chi connectivity index (χ2v) is 11.5. The van der Waals surface area contributed by atoms with Gasteiger partial charge in [-0.25, -0.2) is 27.2 Å². The van der Waals surface area contributed by atoms with Crippen molar-refractivity contribution in [3.05, 3.63) is 99.5 Å². The Hall–Kier alpha value is -4.72. The molecule has 234 valence electrons. The summed E-state index contributed by atoms with van der Waals surface area (Å²) in [5.74, 6) is -7.28. The molecule has 1 fully saturated rings. The second kappa shape index (κ2) is 11.8. The Bertz CT molecular complexity index is 1660. The van der Waals surface area contributed by atoms with Crippen molar-refractivity contribution < 1.29 is 56.4 Å². The van der Waals surface area contributed by atoms with Gasteiger partial charge in [0.2, 0.25) is 0 Å². The predicted octanol–water partition coefficient (Wildman–Crippen LogP) is 5.81. The van der Waals surface area contributed by atoms with Crippen LogP contribution in [0.5, 0.6) is 0 Å². The summed E-state index contributed by atoms with van der Waals surface area (Å²) in [6.45, 7) is 4.64. The average molecular weight is 622 g/mol. The topological polar surface area (TPSA) is 132 Å². The van der Waals surface area contributed by atoms with Crippen LogP contribution in [-0.4, -0.2) is 61.7 Å². The maximum absolute atomic E-state index is 15.4. The van der Waals surface area contributed by atoms with E-state index in [4.69, 9.17) is 9.57 Å². The third-order valence-corrected chi connectivity index (χ3v) is 7.99. The van der Waals surface area contributed by atoms with Crippen LogP contribution in [0.3, 0.4) is 0 Å². The lowest BCUT2D eigenvalue weighted by Crippen LogP contribution is -2.67. The van der Waals surface area contributed by atoms with Gasteiger partial charge in [0.1, 0.15) is 53.2 Å². The van der Waals surface area contributed by atoms with Crippen LogP contribution in [0.2, 0.25) is 0 Å². The van der Waals surface area contributed by atoms with Gasteiger partial charge in [0.25, 0.3) is 5.56 Å². The summed E-state index contributed by atoms with van der Waals surface area (Å²) < 4.78 is 64.0. The predicted molar refractivity (Wildman–Crippen MR) is 145 cm³/mol. The van der Waals surface area contributed by atoms with Crippen molar-refractivity contribution >= 4 is 18.1 Å². The molecule has 0 spiro atoms. The summed E-state index contributed by atoms with van der Waals surface area (Å²) >= 11 is 0. The highest BCUT2D eigenvalue weighted by Crippen LogP contribution is 2.46. The van der Waals surface area contributed by atoms with E-state index in [1.54, 1.807) is 20.8 Å². The lowest BCUT2D eigenvalue weighted by Gasteiger charge is -2.51. The number of pyridine rings is 1. The van der Waals surface area contributed by atoms with Gasteiger partial charge in [-0.15, -0.1) is 4.65 Å². The average Bonchev–Trinajstić information content (AvgIpc) is 2.91. The van der Waals surface area contributed by atoms with E-state index in [1.165, 1.54) is 0 Å². The van der Waals surface area contributed by atoms with Gasteiger partial charge in [-0.05, 0) is 45.0 Å². The standard InChI is InChI=1S/C30H28F4N2O8/c1-29(2,3)36(44-28(41)42)13-11-30(12-14-36,43-27(39)40)24(19-9-8-18(31)15-22(19)34)26(38)17-7-10-23(37)35(16-17)25-20(32)5-4-6-21(25)33/h4-10,15-16,24H,11-14H2,1-3H3,(H-,39,40,41,42)/p+1. The second-order valence-electron chi connectivity index (χ2n) is 11.5. The number of carbonyl (C=O) groups is 3. The Morgan fingerprint density at radius 3 is 2.05 bits per heavy atom. The van der Waals surface area contributed by atoms with Crippen LogP contribution in [-0.2, 0) is 9.57 Å². The number of ether oxygens (including phenoxy) is 1. The van der Waals surface area contributed by atoms with E-state index in [9.17, 15) is 42.6 Å². The number of likely N-dealkylation sites (tertiary alicyclic amines) is 1. The van der Waals surface area contributed by atoms with Crippen LogP contribution < -0.4 is 5.56 Å². The van der Waals surface area contributed by atoms with Crippen LogP contribution in [0.4, 0.5) is 27.2 Å². The normalized spacial score (nSPS) is 20.9. The summed E-state index contributed by atoms with van der Waals surface area (Å²) in [6, 6.07) is 7.03. The number of aromatic nitrogens is 1. The van der Waals surface area contributed by atoms with Gasteiger partial charge in [0.15, 0.2) is 5.78 Å². The number of para-hydroxylation sites is 1. The van der Waals surface area contributed by atoms with E-state index in [1.807, 2.05) is 0 Å². The van der Waals surface area contributed by atoms with Gasteiger partial charge in [0.05, 0.1) is 5.92 Å². The molecule has 1 aliphatic rings. The molecular formula is C30H29F4N2O8+. The zero-order valence-corrected chi connectivity index (χ0v) is 23.9. The Morgan fingerprint density at radius 2 is 1.52 bits per heavy atom.